The van der Waals surface area contributed by atoms with Gasteiger partial charge < -0.3 is 4.90 Å². The van der Waals surface area contributed by atoms with Gasteiger partial charge in [-0.25, -0.2) is 0 Å². The second-order valence-electron chi connectivity index (χ2n) is 2.00. The zero-order valence-corrected chi connectivity index (χ0v) is 7.09. The Bertz CT molecular complexity index is 93.1. The van der Waals surface area contributed by atoms with Crippen LogP contribution in [0, 0.1) is 5.41 Å². The molecule has 0 unspecified atom stereocenters. The highest BCUT2D eigenvalue weighted by Gasteiger charge is 1.94. The maximum Gasteiger partial charge on any atom is 0.0923 e. The van der Waals surface area contributed by atoms with Crippen LogP contribution in [0.15, 0.2) is 0 Å². The molecule has 0 fully saturated rings. The molecule has 0 bridgehead atoms. The van der Waals surface area contributed by atoms with Gasteiger partial charge in [-0.2, -0.15) is 11.8 Å². The number of thioether (sulfide) groups is 1. The third kappa shape index (κ3) is 4.33. The van der Waals surface area contributed by atoms with Crippen molar-refractivity contribution in [3.8, 4) is 0 Å². The van der Waals surface area contributed by atoms with E-state index < -0.39 is 0 Å². The summed E-state index contributed by atoms with van der Waals surface area (Å²) >= 11 is 1.81. The summed E-state index contributed by atoms with van der Waals surface area (Å²) in [5.41, 5.74) is 0. The van der Waals surface area contributed by atoms with Gasteiger partial charge in [0.05, 0.1) is 5.84 Å². The lowest BCUT2D eigenvalue weighted by Gasteiger charge is -2.15. The number of rotatable bonds is 3. The number of hydrogen-bond donors (Lipinski definition) is 1. The average molecular weight is 146 g/mol. The summed E-state index contributed by atoms with van der Waals surface area (Å²) in [7, 11) is 1.94. The highest BCUT2D eigenvalue weighted by atomic mass is 32.2. The lowest BCUT2D eigenvalue weighted by Crippen LogP contribution is -2.25. The number of amidine groups is 1. The zero-order chi connectivity index (χ0) is 7.28. The van der Waals surface area contributed by atoms with Gasteiger partial charge in [-0.1, -0.05) is 0 Å². The SMILES string of the molecule is CSCCN(C)C(C)=N. The molecule has 0 aromatic carbocycles. The second kappa shape index (κ2) is 4.68. The van der Waals surface area contributed by atoms with Crippen LogP contribution in [0.1, 0.15) is 6.92 Å². The van der Waals surface area contributed by atoms with Gasteiger partial charge >= 0.3 is 0 Å². The Kier molecular flexibility index (Phi) is 4.58. The van der Waals surface area contributed by atoms with Crippen LogP contribution in [0.25, 0.3) is 0 Å². The van der Waals surface area contributed by atoms with Crippen LogP contribution in [-0.4, -0.2) is 36.3 Å². The molecule has 0 aliphatic heterocycles. The Morgan fingerprint density at radius 2 is 2.22 bits per heavy atom. The second-order valence-corrected chi connectivity index (χ2v) is 2.99. The standard InChI is InChI=1S/C6H14N2S/c1-6(7)8(2)4-5-9-3/h7H,4-5H2,1-3H3. The number of nitrogens with one attached hydrogen (secondary N) is 1. The predicted octanol–water partition coefficient (Wildman–Crippen LogP) is 1.28. The Balaban J connectivity index is 3.27. The molecule has 0 atom stereocenters. The first-order valence-corrected chi connectivity index (χ1v) is 4.33. The summed E-state index contributed by atoms with van der Waals surface area (Å²) in [4.78, 5) is 1.94. The van der Waals surface area contributed by atoms with Gasteiger partial charge in [-0.3, -0.25) is 5.41 Å². The van der Waals surface area contributed by atoms with E-state index >= 15 is 0 Å². The van der Waals surface area contributed by atoms with Crippen LogP contribution >= 0.6 is 11.8 Å². The summed E-state index contributed by atoms with van der Waals surface area (Å²) in [6.45, 7) is 2.79. The van der Waals surface area contributed by atoms with Crippen molar-refractivity contribution >= 4 is 17.6 Å². The van der Waals surface area contributed by atoms with Crippen LogP contribution in [0.3, 0.4) is 0 Å². The molecule has 0 rings (SSSR count). The largest absolute Gasteiger partial charge is 0.363 e. The molecule has 0 saturated carbocycles. The molecular formula is C6H14N2S. The van der Waals surface area contributed by atoms with E-state index in [4.69, 9.17) is 5.41 Å². The molecule has 9 heavy (non-hydrogen) atoms. The Hall–Kier alpha value is -0.180. The normalized spacial score (nSPS) is 9.22. The quantitative estimate of drug-likeness (QED) is 0.479. The van der Waals surface area contributed by atoms with Crippen molar-refractivity contribution in [3.63, 3.8) is 0 Å². The van der Waals surface area contributed by atoms with E-state index in [0.717, 1.165) is 12.3 Å². The minimum atomic E-state index is 0.643. The lowest BCUT2D eigenvalue weighted by atomic mass is 10.5. The van der Waals surface area contributed by atoms with E-state index in [9.17, 15) is 0 Å². The lowest BCUT2D eigenvalue weighted by molar-refractivity contribution is 0.533. The van der Waals surface area contributed by atoms with Crippen molar-refractivity contribution in [1.29, 1.82) is 5.41 Å². The maximum atomic E-state index is 7.20. The Labute approximate surface area is 61.1 Å². The summed E-state index contributed by atoms with van der Waals surface area (Å²) < 4.78 is 0. The smallest absolute Gasteiger partial charge is 0.0923 e. The molecule has 0 radical (unpaired) electrons. The van der Waals surface area contributed by atoms with Gasteiger partial charge in [0.15, 0.2) is 0 Å². The highest BCUT2D eigenvalue weighted by molar-refractivity contribution is 7.98. The van der Waals surface area contributed by atoms with E-state index in [-0.39, 0.29) is 0 Å². The van der Waals surface area contributed by atoms with Crippen LogP contribution in [-0.2, 0) is 0 Å². The van der Waals surface area contributed by atoms with Crippen molar-refractivity contribution in [3.05, 3.63) is 0 Å². The first-order chi connectivity index (χ1) is 4.18. The van der Waals surface area contributed by atoms with Crippen molar-refractivity contribution in [1.82, 2.24) is 4.90 Å². The number of nitrogens with zero attached hydrogens (tertiary/aromatic N) is 1. The van der Waals surface area contributed by atoms with Crippen molar-refractivity contribution < 1.29 is 0 Å². The van der Waals surface area contributed by atoms with Crippen LogP contribution < -0.4 is 0 Å². The molecule has 2 nitrogen and oxygen atoms in total. The fraction of sp³-hybridized carbons (Fsp3) is 0.833. The van der Waals surface area contributed by atoms with E-state index in [2.05, 4.69) is 6.26 Å². The topological polar surface area (TPSA) is 27.1 Å². The van der Waals surface area contributed by atoms with Gasteiger partial charge in [0, 0.05) is 19.3 Å². The molecule has 0 amide bonds. The minimum Gasteiger partial charge on any atom is -0.363 e. The summed E-state index contributed by atoms with van der Waals surface area (Å²) in [6.07, 6.45) is 2.08. The average Bonchev–Trinajstić information content (AvgIpc) is 1.82. The molecule has 0 aliphatic rings. The minimum absolute atomic E-state index is 0.643. The molecule has 0 spiro atoms. The van der Waals surface area contributed by atoms with Crippen LogP contribution in [0.5, 0.6) is 0 Å². The highest BCUT2D eigenvalue weighted by Crippen LogP contribution is 1.92. The monoisotopic (exact) mass is 146 g/mol. The van der Waals surface area contributed by atoms with Crippen molar-refractivity contribution in [2.24, 2.45) is 0 Å². The van der Waals surface area contributed by atoms with Gasteiger partial charge in [-0.15, -0.1) is 0 Å². The molecule has 0 aromatic heterocycles. The fourth-order valence-electron chi connectivity index (χ4n) is 0.396. The van der Waals surface area contributed by atoms with E-state index in [1.807, 2.05) is 23.7 Å². The fourth-order valence-corrected chi connectivity index (χ4v) is 0.852. The molecule has 0 aromatic rings. The molecule has 54 valence electrons. The Morgan fingerprint density at radius 3 is 2.56 bits per heavy atom. The summed E-state index contributed by atoms with van der Waals surface area (Å²) in [5, 5.41) is 7.20. The Morgan fingerprint density at radius 1 is 1.67 bits per heavy atom. The molecular weight excluding hydrogens is 132 g/mol. The van der Waals surface area contributed by atoms with Gasteiger partial charge in [0.2, 0.25) is 0 Å². The molecule has 0 aliphatic carbocycles. The summed E-state index contributed by atoms with van der Waals surface area (Å²) in [6, 6.07) is 0. The van der Waals surface area contributed by atoms with E-state index in [0.29, 0.717) is 5.84 Å². The van der Waals surface area contributed by atoms with Gasteiger partial charge in [0.25, 0.3) is 0 Å². The van der Waals surface area contributed by atoms with Crippen LogP contribution in [0.4, 0.5) is 0 Å². The molecule has 3 heteroatoms. The zero-order valence-electron chi connectivity index (χ0n) is 6.27. The summed E-state index contributed by atoms with van der Waals surface area (Å²) in [5.74, 6) is 1.75. The van der Waals surface area contributed by atoms with E-state index in [1.165, 1.54) is 0 Å². The molecule has 0 saturated heterocycles. The third-order valence-corrected chi connectivity index (χ3v) is 1.79. The molecule has 1 N–H and O–H groups in total. The van der Waals surface area contributed by atoms with Crippen molar-refractivity contribution in [2.45, 2.75) is 6.92 Å². The molecule has 0 heterocycles. The van der Waals surface area contributed by atoms with Crippen LogP contribution in [0.2, 0.25) is 0 Å². The van der Waals surface area contributed by atoms with Gasteiger partial charge in [0.1, 0.15) is 0 Å². The third-order valence-electron chi connectivity index (χ3n) is 1.20. The first-order valence-electron chi connectivity index (χ1n) is 2.93. The number of hydrogen-bond acceptors (Lipinski definition) is 2. The van der Waals surface area contributed by atoms with Crippen molar-refractivity contribution in [2.75, 3.05) is 25.6 Å². The predicted molar refractivity (Wildman–Crippen MR) is 44.4 cm³/mol. The maximum absolute atomic E-state index is 7.20. The van der Waals surface area contributed by atoms with Gasteiger partial charge in [-0.05, 0) is 13.2 Å². The van der Waals surface area contributed by atoms with E-state index in [1.54, 1.807) is 6.92 Å². The first kappa shape index (κ1) is 8.82.